The summed E-state index contributed by atoms with van der Waals surface area (Å²) in [7, 11) is 1.24. The van der Waals surface area contributed by atoms with Crippen LogP contribution in [-0.2, 0) is 24.0 Å². The fourth-order valence-corrected chi connectivity index (χ4v) is 4.86. The van der Waals surface area contributed by atoms with Gasteiger partial charge < -0.3 is 19.9 Å². The molecule has 4 rings (SSSR count). The van der Waals surface area contributed by atoms with E-state index in [9.17, 15) is 28.0 Å². The maximum atomic E-state index is 13.9. The van der Waals surface area contributed by atoms with Gasteiger partial charge in [0.25, 0.3) is 5.91 Å². The molecular weight excluding hydrogens is 592 g/mol. The predicted molar refractivity (Wildman–Crippen MR) is 134 cm³/mol. The second-order valence-electron chi connectivity index (χ2n) is 8.48. The van der Waals surface area contributed by atoms with E-state index in [1.807, 2.05) is 6.07 Å². The molecule has 1 N–H and O–H groups in total. The summed E-state index contributed by atoms with van der Waals surface area (Å²) in [4.78, 5) is 24.9. The number of alkyl halides is 3. The lowest BCUT2D eigenvalue weighted by Gasteiger charge is -2.37. The Morgan fingerprint density at radius 1 is 1.25 bits per heavy atom. The number of carbonyl (C=O) groups excluding carboxylic acids is 2. The van der Waals surface area contributed by atoms with Gasteiger partial charge in [-0.25, -0.2) is 9.48 Å². The standard InChI is InChI=1S/C24H22F3IN4O4/c1-14(16-6-8-17(9-7-16)23(34)36-2)29-21(33)19-20(24(25,26)27)30-31-10-11-32(35,22(19)31)13-15-4-3-5-18(28)12-15/h3-9,12,14H,10-11,13H2,1-2H3,(H,29,33)/t14-,32?/m0/s1. The molecule has 0 bridgehead atoms. The molecule has 1 amide bonds. The van der Waals surface area contributed by atoms with E-state index < -0.39 is 40.0 Å². The molecule has 2 atom stereocenters. The van der Waals surface area contributed by atoms with Crippen molar-refractivity contribution in [2.45, 2.75) is 32.2 Å². The number of benzene rings is 2. The number of amides is 1. The molecule has 1 aliphatic rings. The van der Waals surface area contributed by atoms with E-state index in [4.69, 9.17) is 0 Å². The quantitative estimate of drug-likeness (QED) is 0.186. The molecule has 0 saturated heterocycles. The maximum Gasteiger partial charge on any atom is 0.436 e. The molecule has 1 aliphatic heterocycles. The summed E-state index contributed by atoms with van der Waals surface area (Å²) in [5.41, 5.74) is -0.666. The molecule has 0 radical (unpaired) electrons. The van der Waals surface area contributed by atoms with Crippen LogP contribution in [-0.4, -0.2) is 35.3 Å². The number of nitrogens with one attached hydrogen (secondary N) is 1. The Morgan fingerprint density at radius 3 is 2.56 bits per heavy atom. The van der Waals surface area contributed by atoms with Crippen molar-refractivity contribution in [1.29, 1.82) is 0 Å². The normalized spacial score (nSPS) is 18.0. The summed E-state index contributed by atoms with van der Waals surface area (Å²) in [6.45, 7) is 1.37. The Balaban J connectivity index is 1.68. The number of methoxy groups -OCH3 is 1. The van der Waals surface area contributed by atoms with Crippen LogP contribution >= 0.6 is 22.6 Å². The summed E-state index contributed by atoms with van der Waals surface area (Å²) in [6, 6.07) is 12.5. The Morgan fingerprint density at radius 2 is 1.94 bits per heavy atom. The van der Waals surface area contributed by atoms with E-state index in [2.05, 4.69) is 37.7 Å². The molecule has 0 spiro atoms. The van der Waals surface area contributed by atoms with Gasteiger partial charge in [0.2, 0.25) is 5.82 Å². The van der Waals surface area contributed by atoms with Crippen molar-refractivity contribution in [1.82, 2.24) is 19.7 Å². The second-order valence-corrected chi connectivity index (χ2v) is 9.72. The van der Waals surface area contributed by atoms with Gasteiger partial charge in [-0.2, -0.15) is 18.3 Å². The predicted octanol–water partition coefficient (Wildman–Crippen LogP) is 4.80. The van der Waals surface area contributed by atoms with Crippen molar-refractivity contribution in [2.24, 2.45) is 0 Å². The van der Waals surface area contributed by atoms with Crippen molar-refractivity contribution in [3.63, 3.8) is 0 Å². The molecule has 2 heterocycles. The largest absolute Gasteiger partial charge is 0.626 e. The van der Waals surface area contributed by atoms with Crippen molar-refractivity contribution >= 4 is 40.3 Å². The average Bonchev–Trinajstić information content (AvgIpc) is 3.37. The van der Waals surface area contributed by atoms with E-state index in [0.717, 1.165) is 8.25 Å². The van der Waals surface area contributed by atoms with Crippen molar-refractivity contribution in [2.75, 3.05) is 13.7 Å². The second kappa shape index (κ2) is 9.82. The zero-order valence-electron chi connectivity index (χ0n) is 19.3. The first-order valence-electron chi connectivity index (χ1n) is 10.9. The van der Waals surface area contributed by atoms with Gasteiger partial charge in [0.15, 0.2) is 11.3 Å². The van der Waals surface area contributed by atoms with Gasteiger partial charge in [0.1, 0.15) is 13.1 Å². The molecule has 1 unspecified atom stereocenters. The Labute approximate surface area is 218 Å². The SMILES string of the molecule is COC(=O)c1ccc([C@H](C)NC(=O)c2c(C(F)(F)F)nn3c2[N+]([O-])(Cc2cccc(I)c2)CC3)cc1. The van der Waals surface area contributed by atoms with Crippen LogP contribution in [0, 0.1) is 8.78 Å². The lowest BCUT2D eigenvalue weighted by molar-refractivity contribution is -0.141. The van der Waals surface area contributed by atoms with Crippen LogP contribution in [0.2, 0.25) is 0 Å². The first-order valence-corrected chi connectivity index (χ1v) is 12.0. The van der Waals surface area contributed by atoms with Gasteiger partial charge in [-0.15, -0.1) is 0 Å². The molecule has 1 aromatic heterocycles. The highest BCUT2D eigenvalue weighted by atomic mass is 127. The summed E-state index contributed by atoms with van der Waals surface area (Å²) < 4.78 is 47.1. The number of hydroxylamine groups is 2. The number of hydrogen-bond acceptors (Lipinski definition) is 5. The monoisotopic (exact) mass is 614 g/mol. The van der Waals surface area contributed by atoms with Crippen LogP contribution < -0.4 is 9.96 Å². The van der Waals surface area contributed by atoms with Crippen LogP contribution in [0.25, 0.3) is 0 Å². The van der Waals surface area contributed by atoms with E-state index in [0.29, 0.717) is 11.1 Å². The van der Waals surface area contributed by atoms with Gasteiger partial charge in [-0.3, -0.25) is 4.79 Å². The number of esters is 1. The van der Waals surface area contributed by atoms with E-state index in [-0.39, 0.29) is 31.0 Å². The maximum absolute atomic E-state index is 13.9. The average molecular weight is 614 g/mol. The van der Waals surface area contributed by atoms with Crippen LogP contribution in [0.5, 0.6) is 0 Å². The number of nitrogens with zero attached hydrogens (tertiary/aromatic N) is 3. The van der Waals surface area contributed by atoms with Crippen molar-refractivity contribution in [3.8, 4) is 0 Å². The summed E-state index contributed by atoms with van der Waals surface area (Å²) in [6.07, 6.45) is -4.93. The van der Waals surface area contributed by atoms with E-state index >= 15 is 0 Å². The minimum Gasteiger partial charge on any atom is -0.626 e. The fourth-order valence-electron chi connectivity index (χ4n) is 4.25. The zero-order valence-corrected chi connectivity index (χ0v) is 21.5. The van der Waals surface area contributed by atoms with E-state index in [1.165, 1.54) is 19.2 Å². The lowest BCUT2D eigenvalue weighted by Crippen LogP contribution is -2.42. The number of rotatable bonds is 6. The number of ether oxygens (including phenoxy) is 1. The lowest BCUT2D eigenvalue weighted by atomic mass is 10.1. The highest BCUT2D eigenvalue weighted by molar-refractivity contribution is 14.1. The number of fused-ring (bicyclic) bond motifs is 1. The van der Waals surface area contributed by atoms with Crippen LogP contribution in [0.3, 0.4) is 0 Å². The summed E-state index contributed by atoms with van der Waals surface area (Å²) in [5.74, 6) is -1.90. The Kier molecular flexibility index (Phi) is 7.12. The highest BCUT2D eigenvalue weighted by Crippen LogP contribution is 2.41. The molecular formula is C24H22F3IN4O4. The summed E-state index contributed by atoms with van der Waals surface area (Å²) in [5, 5.41) is 20.0. The van der Waals surface area contributed by atoms with Gasteiger partial charge >= 0.3 is 12.1 Å². The van der Waals surface area contributed by atoms with Crippen LogP contribution in [0.4, 0.5) is 19.0 Å². The summed E-state index contributed by atoms with van der Waals surface area (Å²) >= 11 is 2.09. The third kappa shape index (κ3) is 5.11. The Bertz CT molecular complexity index is 1310. The van der Waals surface area contributed by atoms with Gasteiger partial charge in [-0.05, 0) is 59.3 Å². The first kappa shape index (κ1) is 26.1. The highest BCUT2D eigenvalue weighted by Gasteiger charge is 2.48. The van der Waals surface area contributed by atoms with Gasteiger partial charge in [0, 0.05) is 9.13 Å². The first-order chi connectivity index (χ1) is 16.9. The van der Waals surface area contributed by atoms with Gasteiger partial charge in [0.05, 0.1) is 25.3 Å². The molecule has 0 fully saturated rings. The van der Waals surface area contributed by atoms with E-state index in [1.54, 1.807) is 37.3 Å². The minimum absolute atomic E-state index is 0.0380. The smallest absolute Gasteiger partial charge is 0.436 e. The van der Waals surface area contributed by atoms with Crippen molar-refractivity contribution < 1.29 is 27.5 Å². The number of halogens is 4. The molecule has 12 heteroatoms. The van der Waals surface area contributed by atoms with Crippen molar-refractivity contribution in [3.05, 3.63) is 85.3 Å². The number of quaternary nitrogens is 1. The molecule has 36 heavy (non-hydrogen) atoms. The molecule has 8 nitrogen and oxygen atoms in total. The molecule has 0 aliphatic carbocycles. The number of hydrogen-bond donors (Lipinski definition) is 1. The molecule has 0 saturated carbocycles. The zero-order chi connectivity index (χ0) is 26.3. The molecule has 2 aromatic carbocycles. The Hall–Kier alpha value is -2.97. The topological polar surface area (TPSA) is 96.3 Å². The third-order valence-electron chi connectivity index (χ3n) is 5.99. The minimum atomic E-state index is -4.93. The number of aromatic nitrogens is 2. The van der Waals surface area contributed by atoms with Crippen LogP contribution in [0.15, 0.2) is 48.5 Å². The third-order valence-corrected chi connectivity index (χ3v) is 6.66. The van der Waals surface area contributed by atoms with Crippen LogP contribution in [0.1, 0.15) is 50.5 Å². The number of carbonyl (C=O) groups is 2. The molecule has 190 valence electrons. The van der Waals surface area contributed by atoms with Gasteiger partial charge in [-0.1, -0.05) is 24.3 Å². The molecule has 3 aromatic rings. The fraction of sp³-hybridized carbons (Fsp3) is 0.292.